The molecule has 0 unspecified atom stereocenters. The zero-order valence-corrected chi connectivity index (χ0v) is 26.9. The lowest BCUT2D eigenvalue weighted by atomic mass is 9.78. The molecule has 0 saturated carbocycles. The summed E-state index contributed by atoms with van der Waals surface area (Å²) in [6, 6.07) is 42.0. The number of nitrogens with zero attached hydrogens (tertiary/aromatic N) is 2. The van der Waals surface area contributed by atoms with Crippen LogP contribution >= 0.6 is 0 Å². The van der Waals surface area contributed by atoms with Gasteiger partial charge in [0, 0.05) is 23.6 Å². The minimum Gasteiger partial charge on any atom is -0.192 e. The summed E-state index contributed by atoms with van der Waals surface area (Å²) in [6.45, 7) is 18.5. The molecule has 6 aromatic rings. The fourth-order valence-electron chi connectivity index (χ4n) is 6.51. The summed E-state index contributed by atoms with van der Waals surface area (Å²) in [5.74, 6) is 1.18. The zero-order valence-electron chi connectivity index (χ0n) is 26.9. The van der Waals surface area contributed by atoms with E-state index < -0.39 is 0 Å². The highest BCUT2D eigenvalue weighted by molar-refractivity contribution is 5.85. The largest absolute Gasteiger partial charge is 0.264 e. The summed E-state index contributed by atoms with van der Waals surface area (Å²) in [6.07, 6.45) is 0. The number of aromatic nitrogens is 2. The molecule has 0 atom stereocenters. The molecule has 0 aliphatic carbocycles. The molecule has 0 saturated heterocycles. The molecular weight excluding hydrogens is 520 g/mol. The summed E-state index contributed by atoms with van der Waals surface area (Å²) in [5, 5.41) is 0. The first-order chi connectivity index (χ1) is 20.5. The van der Waals surface area contributed by atoms with E-state index in [4.69, 9.17) is 0 Å². The molecule has 1 heterocycles. The lowest BCUT2D eigenvalue weighted by Crippen LogP contribution is -2.35. The number of hydrogen-bond acceptors (Lipinski definition) is 0. The van der Waals surface area contributed by atoms with Crippen LogP contribution in [0.1, 0.15) is 64.1 Å². The lowest BCUT2D eigenvalue weighted by molar-refractivity contribution is -0.574. The van der Waals surface area contributed by atoms with E-state index in [1.807, 2.05) is 0 Å². The van der Waals surface area contributed by atoms with Gasteiger partial charge >= 0.3 is 0 Å². The van der Waals surface area contributed by atoms with Crippen LogP contribution in [0.2, 0.25) is 0 Å². The van der Waals surface area contributed by atoms with Crippen molar-refractivity contribution in [1.82, 2.24) is 4.57 Å². The normalized spacial score (nSPS) is 12.2. The van der Waals surface area contributed by atoms with Crippen molar-refractivity contribution < 1.29 is 4.57 Å². The van der Waals surface area contributed by atoms with Crippen molar-refractivity contribution in [2.24, 2.45) is 0 Å². The molecule has 0 aliphatic rings. The van der Waals surface area contributed by atoms with Crippen LogP contribution in [-0.4, -0.2) is 4.57 Å². The maximum absolute atomic E-state index is 2.49. The van der Waals surface area contributed by atoms with E-state index in [0.29, 0.717) is 0 Å². The van der Waals surface area contributed by atoms with Gasteiger partial charge in [-0.25, -0.2) is 0 Å². The Bertz CT molecular complexity index is 1870. The third-order valence-electron chi connectivity index (χ3n) is 8.74. The molecule has 2 nitrogen and oxygen atoms in total. The standard InChI is InChI=1S/C41H43N2/c1-28-35(41(6,7)8)26-32(40(3,4)5)27-38(28)42-29(2)43(37-25-16-15-24-36(37)42)39-33(30-18-11-9-12-19-30)22-17-23-34(39)31-20-13-10-14-21-31/h9-27H,1-8H3/q+1. The summed E-state index contributed by atoms with van der Waals surface area (Å²) >= 11 is 0. The summed E-state index contributed by atoms with van der Waals surface area (Å²) in [7, 11) is 0. The average molecular weight is 564 g/mol. The molecule has 1 aromatic heterocycles. The number of para-hydroxylation sites is 3. The maximum Gasteiger partial charge on any atom is 0.264 e. The number of imidazole rings is 1. The van der Waals surface area contributed by atoms with Gasteiger partial charge in [-0.2, -0.15) is 9.13 Å². The third-order valence-corrected chi connectivity index (χ3v) is 8.74. The summed E-state index contributed by atoms with van der Waals surface area (Å²) < 4.78 is 4.98. The van der Waals surface area contributed by atoms with Crippen LogP contribution < -0.4 is 4.57 Å². The molecule has 43 heavy (non-hydrogen) atoms. The highest BCUT2D eigenvalue weighted by atomic mass is 15.2. The molecule has 2 heteroatoms. The van der Waals surface area contributed by atoms with E-state index in [2.05, 4.69) is 180 Å². The van der Waals surface area contributed by atoms with Crippen molar-refractivity contribution in [3.63, 3.8) is 0 Å². The van der Waals surface area contributed by atoms with Crippen LogP contribution in [0, 0.1) is 13.8 Å². The molecule has 0 N–H and O–H groups in total. The maximum atomic E-state index is 2.49. The van der Waals surface area contributed by atoms with Crippen molar-refractivity contribution in [2.75, 3.05) is 0 Å². The molecule has 0 radical (unpaired) electrons. The molecule has 0 bridgehead atoms. The Balaban J connectivity index is 1.76. The van der Waals surface area contributed by atoms with Gasteiger partial charge in [0.15, 0.2) is 11.0 Å². The fraction of sp³-hybridized carbons (Fsp3) is 0.244. The predicted molar refractivity (Wildman–Crippen MR) is 183 cm³/mol. The highest BCUT2D eigenvalue weighted by Crippen LogP contribution is 2.38. The van der Waals surface area contributed by atoms with Crippen LogP contribution in [0.15, 0.2) is 115 Å². The second-order valence-corrected chi connectivity index (χ2v) is 13.8. The second kappa shape index (κ2) is 10.7. The van der Waals surface area contributed by atoms with Gasteiger partial charge in [0.1, 0.15) is 11.4 Å². The Morgan fingerprint density at radius 3 is 1.63 bits per heavy atom. The number of fused-ring (bicyclic) bond motifs is 1. The first-order valence-electron chi connectivity index (χ1n) is 15.4. The average Bonchev–Trinajstić information content (AvgIpc) is 3.27. The molecule has 0 aliphatic heterocycles. The Hall–Kier alpha value is -4.43. The van der Waals surface area contributed by atoms with Gasteiger partial charge in [0.05, 0.1) is 0 Å². The topological polar surface area (TPSA) is 8.81 Å². The zero-order chi connectivity index (χ0) is 30.5. The van der Waals surface area contributed by atoms with Crippen molar-refractivity contribution in [1.29, 1.82) is 0 Å². The van der Waals surface area contributed by atoms with Crippen molar-refractivity contribution in [3.05, 3.63) is 138 Å². The van der Waals surface area contributed by atoms with E-state index in [0.717, 1.165) is 0 Å². The van der Waals surface area contributed by atoms with Crippen LogP contribution in [0.5, 0.6) is 0 Å². The molecule has 0 spiro atoms. The van der Waals surface area contributed by atoms with Crippen LogP contribution in [0.3, 0.4) is 0 Å². The van der Waals surface area contributed by atoms with Gasteiger partial charge in [-0.05, 0) is 58.2 Å². The predicted octanol–water partition coefficient (Wildman–Crippen LogP) is 10.5. The molecule has 0 amide bonds. The Kier molecular flexibility index (Phi) is 7.13. The minimum atomic E-state index is 0.0211. The van der Waals surface area contributed by atoms with E-state index in [1.165, 1.54) is 67.2 Å². The van der Waals surface area contributed by atoms with Gasteiger partial charge in [-0.1, -0.05) is 139 Å². The molecule has 5 aromatic carbocycles. The molecule has 6 rings (SSSR count). The Morgan fingerprint density at radius 1 is 0.558 bits per heavy atom. The van der Waals surface area contributed by atoms with Gasteiger partial charge < -0.3 is 0 Å². The van der Waals surface area contributed by atoms with Crippen molar-refractivity contribution >= 4 is 11.0 Å². The van der Waals surface area contributed by atoms with Crippen LogP contribution in [-0.2, 0) is 10.8 Å². The lowest BCUT2D eigenvalue weighted by Gasteiger charge is -2.28. The van der Waals surface area contributed by atoms with E-state index in [-0.39, 0.29) is 10.8 Å². The van der Waals surface area contributed by atoms with E-state index in [9.17, 15) is 0 Å². The quantitative estimate of drug-likeness (QED) is 0.189. The monoisotopic (exact) mass is 563 g/mol. The molecule has 0 fully saturated rings. The van der Waals surface area contributed by atoms with Gasteiger partial charge in [-0.3, -0.25) is 0 Å². The highest BCUT2D eigenvalue weighted by Gasteiger charge is 2.32. The smallest absolute Gasteiger partial charge is 0.192 e. The van der Waals surface area contributed by atoms with Crippen LogP contribution in [0.25, 0.3) is 44.7 Å². The van der Waals surface area contributed by atoms with Crippen LogP contribution in [0.4, 0.5) is 0 Å². The van der Waals surface area contributed by atoms with Gasteiger partial charge in [0.25, 0.3) is 5.82 Å². The Labute approximate surface area is 257 Å². The van der Waals surface area contributed by atoms with E-state index >= 15 is 0 Å². The first-order valence-corrected chi connectivity index (χ1v) is 15.4. The number of hydrogen-bond donors (Lipinski definition) is 0. The van der Waals surface area contributed by atoms with Crippen molar-refractivity contribution in [2.45, 2.75) is 66.2 Å². The van der Waals surface area contributed by atoms with Crippen molar-refractivity contribution in [3.8, 4) is 33.6 Å². The molecule has 216 valence electrons. The van der Waals surface area contributed by atoms with Gasteiger partial charge in [-0.15, -0.1) is 0 Å². The van der Waals surface area contributed by atoms with E-state index in [1.54, 1.807) is 0 Å². The second-order valence-electron chi connectivity index (χ2n) is 13.8. The summed E-state index contributed by atoms with van der Waals surface area (Å²) in [5.41, 5.74) is 13.8. The summed E-state index contributed by atoms with van der Waals surface area (Å²) in [4.78, 5) is 0. The fourth-order valence-corrected chi connectivity index (χ4v) is 6.51. The molecular formula is C41H43N2+. The minimum absolute atomic E-state index is 0.0211. The first kappa shape index (κ1) is 28.7. The third kappa shape index (κ3) is 5.10. The Morgan fingerprint density at radius 2 is 1.09 bits per heavy atom. The number of rotatable bonds is 4. The van der Waals surface area contributed by atoms with Gasteiger partial charge in [0.2, 0.25) is 0 Å². The number of benzene rings is 5. The SMILES string of the molecule is Cc1c(-n2c(C)[n+](-c3c(-c4ccccc4)cccc3-c3ccccc3)c3ccccc32)cc(C(C)(C)C)cc1C(C)(C)C.